The quantitative estimate of drug-likeness (QED) is 0.143. The van der Waals surface area contributed by atoms with Gasteiger partial charge in [-0.2, -0.15) is 27.5 Å². The maximum Gasteiger partial charge on any atom is 0.252 e. The van der Waals surface area contributed by atoms with Gasteiger partial charge in [-0.3, -0.25) is 0 Å². The van der Waals surface area contributed by atoms with Crippen LogP contribution >= 0.6 is 0 Å². The Morgan fingerprint density at radius 1 is 0.378 bits per heavy atom. The summed E-state index contributed by atoms with van der Waals surface area (Å²) in [5, 5.41) is 0. The molecule has 2 aromatic heterocycles. The van der Waals surface area contributed by atoms with Gasteiger partial charge in [-0.25, -0.2) is 17.6 Å². The number of rotatable bonds is 2. The number of fused-ring (bicyclic) bond motifs is 10. The van der Waals surface area contributed by atoms with E-state index in [9.17, 15) is 35.1 Å². The fourth-order valence-corrected chi connectivity index (χ4v) is 6.93. The minimum absolute atomic E-state index is 0.186. The van der Waals surface area contributed by atoms with Crippen molar-refractivity contribution >= 4 is 0 Å². The van der Waals surface area contributed by atoms with E-state index in [1.807, 2.05) is 36.4 Å². The standard InChI is InChI=1S/C35H14F8N2/c36-27-25(28(37)32(41)44-31(27)40)15-9-11-19-20-12-10-16(26-29(38)33(42)45-34(43)30(26)39)14-24(20)35(23(19)13-15)21-7-3-1-5-17(21)18-6-2-4-8-22(18)35/h1-14H. The number of hydrogen-bond acceptors (Lipinski definition) is 2. The van der Waals surface area contributed by atoms with Gasteiger partial charge in [0, 0.05) is 0 Å². The summed E-state index contributed by atoms with van der Waals surface area (Å²) in [5.41, 5.74) is 1.42. The van der Waals surface area contributed by atoms with Crippen molar-refractivity contribution in [2.75, 3.05) is 0 Å². The summed E-state index contributed by atoms with van der Waals surface area (Å²) in [6.07, 6.45) is 0. The van der Waals surface area contributed by atoms with E-state index in [0.29, 0.717) is 33.4 Å². The van der Waals surface area contributed by atoms with Gasteiger partial charge in [-0.15, -0.1) is 0 Å². The van der Waals surface area contributed by atoms with Crippen molar-refractivity contribution in [3.05, 3.63) is 154 Å². The smallest absolute Gasteiger partial charge is 0.201 e. The zero-order valence-electron chi connectivity index (χ0n) is 22.5. The molecule has 0 bridgehead atoms. The molecule has 220 valence electrons. The first-order chi connectivity index (χ1) is 21.6. The minimum atomic E-state index is -1.82. The molecule has 2 heterocycles. The van der Waals surface area contributed by atoms with Gasteiger partial charge in [0.05, 0.1) is 16.5 Å². The first-order valence-electron chi connectivity index (χ1n) is 13.5. The Bertz CT molecular complexity index is 2070. The Morgan fingerprint density at radius 2 is 0.711 bits per heavy atom. The Morgan fingerprint density at radius 3 is 1.09 bits per heavy atom. The molecular formula is C35H14F8N2. The molecule has 0 radical (unpaired) electrons. The van der Waals surface area contributed by atoms with Crippen molar-refractivity contribution in [2.45, 2.75) is 5.41 Å². The van der Waals surface area contributed by atoms with Crippen LogP contribution in [0.4, 0.5) is 35.1 Å². The number of hydrogen-bond donors (Lipinski definition) is 0. The molecule has 0 unspecified atom stereocenters. The highest BCUT2D eigenvalue weighted by molar-refractivity contribution is 5.96. The Balaban J connectivity index is 1.50. The van der Waals surface area contributed by atoms with Crippen molar-refractivity contribution in [3.8, 4) is 44.5 Å². The maximum atomic E-state index is 15.0. The predicted octanol–water partition coefficient (Wildman–Crippen LogP) is 9.27. The summed E-state index contributed by atoms with van der Waals surface area (Å²) in [5.74, 6) is -14.0. The second kappa shape index (κ2) is 9.31. The summed E-state index contributed by atoms with van der Waals surface area (Å²) < 4.78 is 117. The van der Waals surface area contributed by atoms with Crippen molar-refractivity contribution in [1.82, 2.24) is 9.97 Å². The maximum absolute atomic E-state index is 15.0. The molecular weight excluding hydrogens is 600 g/mol. The molecule has 0 atom stereocenters. The molecule has 1 spiro atoms. The molecule has 0 saturated carbocycles. The lowest BCUT2D eigenvalue weighted by Crippen LogP contribution is -2.26. The predicted molar refractivity (Wildman–Crippen MR) is 149 cm³/mol. The summed E-state index contributed by atoms with van der Waals surface area (Å²) in [7, 11) is 0. The molecule has 2 aliphatic carbocycles. The van der Waals surface area contributed by atoms with Crippen LogP contribution in [0, 0.1) is 47.1 Å². The van der Waals surface area contributed by atoms with Gasteiger partial charge in [-0.1, -0.05) is 72.8 Å². The number of halogens is 8. The largest absolute Gasteiger partial charge is 0.252 e. The molecule has 0 amide bonds. The van der Waals surface area contributed by atoms with E-state index in [1.54, 1.807) is 12.1 Å². The fourth-order valence-electron chi connectivity index (χ4n) is 6.93. The monoisotopic (exact) mass is 614 g/mol. The van der Waals surface area contributed by atoms with Crippen molar-refractivity contribution in [3.63, 3.8) is 0 Å². The SMILES string of the molecule is Fc1nc(F)c(F)c(-c2ccc3c(c2)C2(c4ccccc4-c4ccccc42)c2cc(-c4c(F)c(F)nc(F)c4F)ccc2-3)c1F. The zero-order valence-corrected chi connectivity index (χ0v) is 22.5. The van der Waals surface area contributed by atoms with E-state index in [1.165, 1.54) is 36.4 Å². The first-order valence-corrected chi connectivity index (χ1v) is 13.5. The third-order valence-corrected chi connectivity index (χ3v) is 8.66. The summed E-state index contributed by atoms with van der Waals surface area (Å²) >= 11 is 0. The first kappa shape index (κ1) is 27.2. The number of aromatic nitrogens is 2. The lowest BCUT2D eigenvalue weighted by atomic mass is 9.70. The average Bonchev–Trinajstić information content (AvgIpc) is 3.50. The van der Waals surface area contributed by atoms with Crippen LogP contribution in [0.5, 0.6) is 0 Å². The number of pyridine rings is 2. The third kappa shape index (κ3) is 3.44. The van der Waals surface area contributed by atoms with Gasteiger partial charge < -0.3 is 0 Å². The molecule has 6 aromatic rings. The molecule has 2 nitrogen and oxygen atoms in total. The van der Waals surface area contributed by atoms with Gasteiger partial charge in [-0.05, 0) is 67.8 Å². The van der Waals surface area contributed by atoms with Crippen molar-refractivity contribution in [2.24, 2.45) is 0 Å². The Hall–Kier alpha value is -5.38. The Labute approximate surface area is 249 Å². The van der Waals surface area contributed by atoms with Gasteiger partial charge in [0.1, 0.15) is 0 Å². The van der Waals surface area contributed by atoms with Gasteiger partial charge in [0.15, 0.2) is 23.3 Å². The number of nitrogens with zero attached hydrogens (tertiary/aromatic N) is 2. The van der Waals surface area contributed by atoms with E-state index in [0.717, 1.165) is 11.1 Å². The van der Waals surface area contributed by atoms with Crippen LogP contribution in [0.1, 0.15) is 22.3 Å². The highest BCUT2D eigenvalue weighted by Gasteiger charge is 2.52. The van der Waals surface area contributed by atoms with Gasteiger partial charge in [0.2, 0.25) is 0 Å². The van der Waals surface area contributed by atoms with Crippen molar-refractivity contribution in [1.29, 1.82) is 0 Å². The summed E-state index contributed by atoms with van der Waals surface area (Å²) in [6, 6.07) is 23.1. The molecule has 2 aliphatic rings. The Kier molecular flexibility index (Phi) is 5.63. The number of benzene rings is 4. The summed E-state index contributed by atoms with van der Waals surface area (Å²) in [6.45, 7) is 0. The van der Waals surface area contributed by atoms with Crippen LogP contribution in [0.3, 0.4) is 0 Å². The molecule has 8 rings (SSSR count). The molecule has 4 aromatic carbocycles. The molecule has 0 saturated heterocycles. The van der Waals surface area contributed by atoms with Crippen LogP contribution in [0.15, 0.2) is 84.9 Å². The van der Waals surface area contributed by atoms with E-state index >= 15 is 0 Å². The molecule has 10 heteroatoms. The van der Waals surface area contributed by atoms with Crippen LogP contribution < -0.4 is 0 Å². The molecule has 45 heavy (non-hydrogen) atoms. The average molecular weight is 614 g/mol. The topological polar surface area (TPSA) is 25.8 Å². The minimum Gasteiger partial charge on any atom is -0.201 e. The van der Waals surface area contributed by atoms with Gasteiger partial charge >= 0.3 is 0 Å². The van der Waals surface area contributed by atoms with Crippen LogP contribution in [-0.2, 0) is 5.41 Å². The highest BCUT2D eigenvalue weighted by Crippen LogP contribution is 2.63. The second-order valence-corrected chi connectivity index (χ2v) is 10.8. The zero-order chi connectivity index (χ0) is 31.4. The second-order valence-electron chi connectivity index (χ2n) is 10.8. The van der Waals surface area contributed by atoms with Crippen LogP contribution in [0.2, 0.25) is 0 Å². The lowest BCUT2D eigenvalue weighted by Gasteiger charge is -2.31. The van der Waals surface area contributed by atoms with E-state index in [2.05, 4.69) is 9.97 Å². The highest BCUT2D eigenvalue weighted by atomic mass is 19.2. The molecule has 0 aliphatic heterocycles. The fraction of sp³-hybridized carbons (Fsp3) is 0.0286. The van der Waals surface area contributed by atoms with Crippen LogP contribution in [-0.4, -0.2) is 9.97 Å². The summed E-state index contributed by atoms with van der Waals surface area (Å²) in [4.78, 5) is 5.31. The van der Waals surface area contributed by atoms with E-state index in [4.69, 9.17) is 0 Å². The lowest BCUT2D eigenvalue weighted by molar-refractivity contribution is 0.410. The van der Waals surface area contributed by atoms with Gasteiger partial charge in [0.25, 0.3) is 23.8 Å². The van der Waals surface area contributed by atoms with E-state index < -0.39 is 63.6 Å². The molecule has 0 fully saturated rings. The normalized spacial score (nSPS) is 13.5. The van der Waals surface area contributed by atoms with E-state index in [-0.39, 0.29) is 11.1 Å². The van der Waals surface area contributed by atoms with Crippen molar-refractivity contribution < 1.29 is 35.1 Å². The molecule has 0 N–H and O–H groups in total. The van der Waals surface area contributed by atoms with Crippen LogP contribution in [0.25, 0.3) is 44.5 Å². The third-order valence-electron chi connectivity index (χ3n) is 8.66.